The van der Waals surface area contributed by atoms with Crippen molar-refractivity contribution in [3.8, 4) is 11.5 Å². The number of likely N-dealkylation sites (tertiary alicyclic amines) is 1. The molecule has 2 aromatic carbocycles. The average Bonchev–Trinajstić information content (AvgIpc) is 2.78. The van der Waals surface area contributed by atoms with Crippen LogP contribution in [-0.4, -0.2) is 38.3 Å². The van der Waals surface area contributed by atoms with Crippen LogP contribution in [0.25, 0.3) is 0 Å². The number of hydrogen-bond acceptors (Lipinski definition) is 3. The molecule has 0 aliphatic carbocycles. The molecule has 3 rings (SSSR count). The van der Waals surface area contributed by atoms with Gasteiger partial charge in [0, 0.05) is 12.5 Å². The highest BCUT2D eigenvalue weighted by Gasteiger charge is 2.30. The second kappa shape index (κ2) is 13.6. The molecule has 1 heterocycles. The third kappa shape index (κ3) is 8.01. The molecule has 5 heteroatoms. The zero-order valence-electron chi connectivity index (χ0n) is 18.9. The summed E-state index contributed by atoms with van der Waals surface area (Å²) in [4.78, 5) is 2.59. The largest absolute Gasteiger partial charge is 0.497 e. The Morgan fingerprint density at radius 1 is 0.935 bits per heavy atom. The third-order valence-corrected chi connectivity index (χ3v) is 6.22. The fourth-order valence-electron chi connectivity index (χ4n) is 4.44. The minimum atomic E-state index is -0.172. The number of unbranched alkanes of at least 4 members (excludes halogenated alkanes) is 4. The van der Waals surface area contributed by atoms with E-state index in [9.17, 15) is 4.39 Å². The summed E-state index contributed by atoms with van der Waals surface area (Å²) in [6.07, 6.45) is 7.65. The Kier molecular flexibility index (Phi) is 11.2. The topological polar surface area (TPSA) is 21.7 Å². The van der Waals surface area contributed by atoms with Gasteiger partial charge in [-0.15, -0.1) is 12.4 Å². The van der Waals surface area contributed by atoms with Crippen molar-refractivity contribution < 1.29 is 13.9 Å². The number of ether oxygens (including phenoxy) is 2. The molecule has 3 nitrogen and oxygen atoms in total. The van der Waals surface area contributed by atoms with Crippen molar-refractivity contribution in [3.63, 3.8) is 0 Å². The van der Waals surface area contributed by atoms with Crippen molar-refractivity contribution in [1.82, 2.24) is 4.90 Å². The first-order valence-corrected chi connectivity index (χ1v) is 11.4. The molecule has 0 bridgehead atoms. The summed E-state index contributed by atoms with van der Waals surface area (Å²) < 4.78 is 24.8. The molecule has 172 valence electrons. The number of nitrogens with zero attached hydrogens (tertiary/aromatic N) is 1. The van der Waals surface area contributed by atoms with Crippen LogP contribution in [0.3, 0.4) is 0 Å². The lowest BCUT2D eigenvalue weighted by Crippen LogP contribution is -2.42. The smallest absolute Gasteiger partial charge is 0.123 e. The van der Waals surface area contributed by atoms with Gasteiger partial charge >= 0.3 is 0 Å². The van der Waals surface area contributed by atoms with E-state index in [0.29, 0.717) is 18.4 Å². The number of halogens is 2. The molecule has 1 saturated heterocycles. The third-order valence-electron chi connectivity index (χ3n) is 6.22. The summed E-state index contributed by atoms with van der Waals surface area (Å²) in [6, 6.07) is 14.8. The van der Waals surface area contributed by atoms with E-state index in [1.807, 2.05) is 36.4 Å². The quantitative estimate of drug-likeness (QED) is 0.356. The van der Waals surface area contributed by atoms with Crippen molar-refractivity contribution in [2.24, 2.45) is 5.92 Å². The van der Waals surface area contributed by atoms with E-state index >= 15 is 0 Å². The molecule has 0 N–H and O–H groups in total. The van der Waals surface area contributed by atoms with E-state index in [1.165, 1.54) is 44.2 Å². The van der Waals surface area contributed by atoms with Crippen LogP contribution >= 0.6 is 12.4 Å². The highest BCUT2D eigenvalue weighted by Crippen LogP contribution is 2.34. The van der Waals surface area contributed by atoms with Crippen molar-refractivity contribution in [1.29, 1.82) is 0 Å². The molecular weight excluding hydrogens is 413 g/mol. The first-order chi connectivity index (χ1) is 14.7. The van der Waals surface area contributed by atoms with Crippen LogP contribution in [0.4, 0.5) is 4.39 Å². The number of rotatable bonds is 11. The highest BCUT2D eigenvalue weighted by molar-refractivity contribution is 5.85. The SMILES string of the molecule is CCCCCCCN1CC[C@H](c2ccc(F)cc2)[C@@H](COc2ccc(OC)cc2)C1.Cl. The van der Waals surface area contributed by atoms with Gasteiger partial charge in [0.05, 0.1) is 13.7 Å². The molecule has 0 aromatic heterocycles. The Balaban J connectivity index is 0.00000341. The lowest BCUT2D eigenvalue weighted by molar-refractivity contribution is 0.109. The molecule has 0 radical (unpaired) electrons. The van der Waals surface area contributed by atoms with Crippen LogP contribution in [0.2, 0.25) is 0 Å². The predicted molar refractivity (Wildman–Crippen MR) is 128 cm³/mol. The highest BCUT2D eigenvalue weighted by atomic mass is 35.5. The van der Waals surface area contributed by atoms with Gasteiger partial charge in [0.1, 0.15) is 17.3 Å². The van der Waals surface area contributed by atoms with Crippen LogP contribution < -0.4 is 9.47 Å². The first kappa shape index (κ1) is 25.5. The minimum absolute atomic E-state index is 0. The van der Waals surface area contributed by atoms with E-state index < -0.39 is 0 Å². The van der Waals surface area contributed by atoms with Gasteiger partial charge < -0.3 is 14.4 Å². The summed E-state index contributed by atoms with van der Waals surface area (Å²) >= 11 is 0. The van der Waals surface area contributed by atoms with Crippen molar-refractivity contribution >= 4 is 12.4 Å². The Hall–Kier alpha value is -1.78. The van der Waals surface area contributed by atoms with Gasteiger partial charge in [-0.1, -0.05) is 44.7 Å². The van der Waals surface area contributed by atoms with Crippen LogP contribution in [0.5, 0.6) is 11.5 Å². The summed E-state index contributed by atoms with van der Waals surface area (Å²) in [5, 5.41) is 0. The number of hydrogen-bond donors (Lipinski definition) is 0. The maximum absolute atomic E-state index is 13.4. The maximum atomic E-state index is 13.4. The van der Waals surface area contributed by atoms with Crippen LogP contribution in [0, 0.1) is 11.7 Å². The molecule has 31 heavy (non-hydrogen) atoms. The van der Waals surface area contributed by atoms with E-state index in [1.54, 1.807) is 19.2 Å². The number of benzene rings is 2. The second-order valence-corrected chi connectivity index (χ2v) is 8.41. The van der Waals surface area contributed by atoms with Crippen molar-refractivity contribution in [3.05, 3.63) is 59.9 Å². The maximum Gasteiger partial charge on any atom is 0.123 e. The molecule has 1 aliphatic rings. The summed E-state index contributed by atoms with van der Waals surface area (Å²) in [7, 11) is 1.67. The van der Waals surface area contributed by atoms with Gasteiger partial charge in [-0.25, -0.2) is 4.39 Å². The van der Waals surface area contributed by atoms with Crippen molar-refractivity contribution in [2.75, 3.05) is 33.4 Å². The van der Waals surface area contributed by atoms with Crippen molar-refractivity contribution in [2.45, 2.75) is 51.4 Å². The molecule has 2 atom stereocenters. The molecule has 0 saturated carbocycles. The van der Waals surface area contributed by atoms with Crippen LogP contribution in [0.15, 0.2) is 48.5 Å². The van der Waals surface area contributed by atoms with Crippen LogP contribution in [-0.2, 0) is 0 Å². The van der Waals surface area contributed by atoms with Gasteiger partial charge in [-0.2, -0.15) is 0 Å². The number of piperidine rings is 1. The van der Waals surface area contributed by atoms with Gasteiger partial charge in [-0.05, 0) is 73.8 Å². The second-order valence-electron chi connectivity index (χ2n) is 8.41. The Labute approximate surface area is 193 Å². The van der Waals surface area contributed by atoms with Gasteiger partial charge in [0.15, 0.2) is 0 Å². The van der Waals surface area contributed by atoms with Crippen LogP contribution in [0.1, 0.15) is 56.9 Å². The monoisotopic (exact) mass is 449 g/mol. The van der Waals surface area contributed by atoms with Gasteiger partial charge in [0.2, 0.25) is 0 Å². The molecular formula is C26H37ClFNO2. The van der Waals surface area contributed by atoms with E-state index in [0.717, 1.165) is 31.0 Å². The molecule has 0 unspecified atom stereocenters. The zero-order valence-corrected chi connectivity index (χ0v) is 19.7. The van der Waals surface area contributed by atoms with E-state index in [-0.39, 0.29) is 18.2 Å². The molecule has 1 fully saturated rings. The van der Waals surface area contributed by atoms with Gasteiger partial charge in [-0.3, -0.25) is 0 Å². The van der Waals surface area contributed by atoms with E-state index in [4.69, 9.17) is 9.47 Å². The lowest BCUT2D eigenvalue weighted by atomic mass is 9.80. The minimum Gasteiger partial charge on any atom is -0.497 e. The number of methoxy groups -OCH3 is 1. The summed E-state index contributed by atoms with van der Waals surface area (Å²) in [5.41, 5.74) is 1.22. The molecule has 0 amide bonds. The Morgan fingerprint density at radius 2 is 1.61 bits per heavy atom. The summed E-state index contributed by atoms with van der Waals surface area (Å²) in [6.45, 7) is 6.23. The van der Waals surface area contributed by atoms with Gasteiger partial charge in [0.25, 0.3) is 0 Å². The van der Waals surface area contributed by atoms with E-state index in [2.05, 4.69) is 11.8 Å². The average molecular weight is 450 g/mol. The molecule has 0 spiro atoms. The lowest BCUT2D eigenvalue weighted by Gasteiger charge is -2.39. The summed E-state index contributed by atoms with van der Waals surface area (Å²) in [5.74, 6) is 2.32. The normalized spacial score (nSPS) is 18.9. The molecule has 1 aliphatic heterocycles. The Morgan fingerprint density at radius 3 is 2.29 bits per heavy atom. The fourth-order valence-corrected chi connectivity index (χ4v) is 4.44. The predicted octanol–water partition coefficient (Wildman–Crippen LogP) is 6.71. The molecule has 2 aromatic rings. The zero-order chi connectivity index (χ0) is 21.2. The first-order valence-electron chi connectivity index (χ1n) is 11.4. The fraction of sp³-hybridized carbons (Fsp3) is 0.538. The Bertz CT molecular complexity index is 738. The standard InChI is InChI=1S/C26H36FNO2.ClH/c1-3-4-5-6-7-17-28-18-16-26(21-8-10-23(27)11-9-21)22(19-28)20-30-25-14-12-24(29-2)13-15-25;/h8-15,22,26H,3-7,16-20H2,1-2H3;1H/t22-,26-;/m1./s1.